The summed E-state index contributed by atoms with van der Waals surface area (Å²) in [5.41, 5.74) is 4.07. The third kappa shape index (κ3) is 27.1. The van der Waals surface area contributed by atoms with Gasteiger partial charge in [-0.1, -0.05) is 167 Å². The molecular formula is C47H82N7O18P3S-4. The van der Waals surface area contributed by atoms with Crippen LogP contribution in [0, 0.1) is 5.41 Å². The molecule has 0 aliphatic carbocycles. The summed E-state index contributed by atoms with van der Waals surface area (Å²) in [5, 5.41) is 36.6. The van der Waals surface area contributed by atoms with Crippen molar-refractivity contribution < 1.29 is 85.6 Å². The van der Waals surface area contributed by atoms with E-state index in [4.69, 9.17) is 10.5 Å². The van der Waals surface area contributed by atoms with Crippen LogP contribution < -0.4 is 35.9 Å². The van der Waals surface area contributed by atoms with Gasteiger partial charge in [-0.25, -0.2) is 19.3 Å². The molecular weight excluding hydrogens is 1080 g/mol. The molecule has 3 rings (SSSR count). The van der Waals surface area contributed by atoms with Crippen molar-refractivity contribution in [3.05, 3.63) is 12.7 Å². The number of nitrogen functional groups attached to an aromatic ring is 1. The van der Waals surface area contributed by atoms with Crippen LogP contribution in [0.15, 0.2) is 12.7 Å². The average molecular weight is 1160 g/mol. The summed E-state index contributed by atoms with van der Waals surface area (Å²) in [6.07, 6.45) is 19.4. The van der Waals surface area contributed by atoms with Crippen molar-refractivity contribution in [1.82, 2.24) is 30.2 Å². The minimum atomic E-state index is -5.93. The maximum absolute atomic E-state index is 12.7. The molecule has 8 atom stereocenters. The fourth-order valence-electron chi connectivity index (χ4n) is 8.44. The first-order chi connectivity index (χ1) is 35.9. The predicted octanol–water partition coefficient (Wildman–Crippen LogP) is 4.49. The minimum absolute atomic E-state index is 0.0180. The molecule has 0 bridgehead atoms. The average Bonchev–Trinajstić information content (AvgIpc) is 3.91. The van der Waals surface area contributed by atoms with Crippen LogP contribution in [0.25, 0.3) is 11.2 Å². The summed E-state index contributed by atoms with van der Waals surface area (Å²) >= 11 is 0.994. The van der Waals surface area contributed by atoms with Crippen molar-refractivity contribution in [3.8, 4) is 0 Å². The van der Waals surface area contributed by atoms with Gasteiger partial charge in [-0.3, -0.25) is 28.1 Å². The van der Waals surface area contributed by atoms with E-state index in [1.165, 1.54) is 129 Å². The number of imidazole rings is 1. The first-order valence-electron chi connectivity index (χ1n) is 26.6. The van der Waals surface area contributed by atoms with E-state index in [0.29, 0.717) is 6.42 Å². The predicted molar refractivity (Wildman–Crippen MR) is 276 cm³/mol. The zero-order valence-corrected chi connectivity index (χ0v) is 47.7. The lowest BCUT2D eigenvalue weighted by atomic mass is 9.87. The number of rotatable bonds is 43. The van der Waals surface area contributed by atoms with Crippen molar-refractivity contribution in [2.24, 2.45) is 5.41 Å². The molecule has 2 aromatic heterocycles. The molecule has 1 aliphatic heterocycles. The van der Waals surface area contributed by atoms with Crippen LogP contribution in [0.4, 0.5) is 5.82 Å². The lowest BCUT2D eigenvalue weighted by molar-refractivity contribution is -0.347. The standard InChI is InChI=1S/C47H86N7O18P3S/c1-4-5-6-7-8-9-10-11-12-13-14-15-16-17-18-19-20-21-22-23-24-25-35(55)30-38(57)76-29-28-49-37(56)26-27-50-45(60)42(59)47(2,3)32-69-75(66,67)72-74(64,65)68-31-36-41(71-73(61,62)63)40(58)46(70-36)54-34-53-39-43(48)51-33-52-44(39)54/h33-36,40-42,46,55,58-59H,4-32H2,1-3H3,(H,49,56)(H,50,60)(H,64,65)(H,66,67)(H2,48,51,52)(H2,61,62,63)/p-4/t35-,36+,40+,41+,42-,46+/m0/s1. The molecule has 1 fully saturated rings. The highest BCUT2D eigenvalue weighted by atomic mass is 32.2. The second kappa shape index (κ2) is 35.3. The van der Waals surface area contributed by atoms with Gasteiger partial charge in [-0.15, -0.1) is 0 Å². The number of amides is 2. The number of hydrogen-bond acceptors (Lipinski definition) is 23. The van der Waals surface area contributed by atoms with Crippen molar-refractivity contribution in [1.29, 1.82) is 0 Å². The number of hydrogen-bond donors (Lipinski definition) is 6. The molecule has 2 aromatic rings. The van der Waals surface area contributed by atoms with E-state index in [9.17, 15) is 63.0 Å². The largest absolute Gasteiger partial charge is 0.790 e. The summed E-state index contributed by atoms with van der Waals surface area (Å²) < 4.78 is 60.9. The van der Waals surface area contributed by atoms with Gasteiger partial charge in [0.15, 0.2) is 22.8 Å². The van der Waals surface area contributed by atoms with Gasteiger partial charge < -0.3 is 74.1 Å². The Labute approximate surface area is 450 Å². The monoisotopic (exact) mass is 1160 g/mol. The fraction of sp³-hybridized carbons (Fsp3) is 0.830. The molecule has 1 aliphatic rings. The van der Waals surface area contributed by atoms with Gasteiger partial charge in [0.1, 0.15) is 36.3 Å². The normalized spacial score (nSPS) is 19.6. The van der Waals surface area contributed by atoms with Gasteiger partial charge in [-0.05, 0) is 6.42 Å². The second-order valence-electron chi connectivity index (χ2n) is 19.9. The molecule has 7 N–H and O–H groups in total. The van der Waals surface area contributed by atoms with Gasteiger partial charge in [0.25, 0.3) is 15.6 Å². The highest BCUT2D eigenvalue weighted by molar-refractivity contribution is 8.13. The summed E-state index contributed by atoms with van der Waals surface area (Å²) in [5.74, 6) is -1.32. The lowest BCUT2D eigenvalue weighted by Gasteiger charge is -2.36. The maximum Gasteiger partial charge on any atom is 0.274 e. The number of carbonyl (C=O) groups excluding carboxylic acids is 3. The molecule has 76 heavy (non-hydrogen) atoms. The third-order valence-electron chi connectivity index (χ3n) is 12.8. The Balaban J connectivity index is 1.22. The molecule has 0 spiro atoms. The van der Waals surface area contributed by atoms with E-state index in [-0.39, 0.29) is 53.8 Å². The summed E-state index contributed by atoms with van der Waals surface area (Å²) in [6, 6.07) is 0. The topological polar surface area (TPSA) is 395 Å². The van der Waals surface area contributed by atoms with Gasteiger partial charge in [0, 0.05) is 37.1 Å². The Kier molecular flexibility index (Phi) is 31.5. The van der Waals surface area contributed by atoms with Gasteiger partial charge in [0.05, 0.1) is 33.5 Å². The van der Waals surface area contributed by atoms with Crippen LogP contribution in [0.2, 0.25) is 0 Å². The molecule has 1 saturated heterocycles. The number of nitrogens with one attached hydrogen (secondary N) is 2. The van der Waals surface area contributed by atoms with E-state index in [2.05, 4.69) is 50.4 Å². The Hall–Kier alpha value is -2.48. The van der Waals surface area contributed by atoms with E-state index in [1.807, 2.05) is 0 Å². The molecule has 0 radical (unpaired) electrons. The number of thioether (sulfide) groups is 1. The van der Waals surface area contributed by atoms with E-state index in [1.54, 1.807) is 0 Å². The van der Waals surface area contributed by atoms with Gasteiger partial charge in [0.2, 0.25) is 11.8 Å². The van der Waals surface area contributed by atoms with E-state index in [0.717, 1.165) is 48.2 Å². The van der Waals surface area contributed by atoms with Crippen molar-refractivity contribution in [2.45, 2.75) is 212 Å². The maximum atomic E-state index is 12.7. The number of phosphoric acid groups is 3. The Morgan fingerprint density at radius 3 is 1.89 bits per heavy atom. The lowest BCUT2D eigenvalue weighted by Crippen LogP contribution is -2.46. The highest BCUT2D eigenvalue weighted by Crippen LogP contribution is 2.56. The smallest absolute Gasteiger partial charge is 0.274 e. The fourth-order valence-corrected chi connectivity index (χ4v) is 11.9. The van der Waals surface area contributed by atoms with Crippen molar-refractivity contribution in [3.63, 3.8) is 0 Å². The van der Waals surface area contributed by atoms with Crippen molar-refractivity contribution >= 4 is 69.1 Å². The third-order valence-corrected chi connectivity index (χ3v) is 16.7. The number of nitrogens with zero attached hydrogens (tertiary/aromatic N) is 4. The van der Waals surface area contributed by atoms with Gasteiger partial charge >= 0.3 is 0 Å². The number of ether oxygens (including phenoxy) is 1. The van der Waals surface area contributed by atoms with Crippen LogP contribution in [-0.2, 0) is 50.7 Å². The van der Waals surface area contributed by atoms with E-state index >= 15 is 0 Å². The molecule has 25 nitrogen and oxygen atoms in total. The quantitative estimate of drug-likeness (QED) is 0.0393. The number of fused-ring (bicyclic) bond motifs is 1. The number of aliphatic hydroxyl groups is 3. The molecule has 29 heteroatoms. The minimum Gasteiger partial charge on any atom is -0.790 e. The summed E-state index contributed by atoms with van der Waals surface area (Å²) in [7, 11) is -17.6. The molecule has 2 amide bonds. The number of carbonyl (C=O) groups is 3. The Morgan fingerprint density at radius 2 is 1.34 bits per heavy atom. The zero-order chi connectivity index (χ0) is 56.2. The number of anilines is 1. The molecule has 0 aromatic carbocycles. The van der Waals surface area contributed by atoms with Crippen LogP contribution in [0.5, 0.6) is 0 Å². The summed E-state index contributed by atoms with van der Waals surface area (Å²) in [6.45, 7) is 2.28. The number of phosphoric ester groups is 3. The zero-order valence-electron chi connectivity index (χ0n) is 44.2. The molecule has 438 valence electrons. The number of nitrogens with two attached hydrogens (primary N) is 1. The number of aliphatic hydroxyl groups excluding tert-OH is 3. The first-order valence-corrected chi connectivity index (χ1v) is 32.0. The van der Waals surface area contributed by atoms with Crippen LogP contribution in [0.3, 0.4) is 0 Å². The van der Waals surface area contributed by atoms with E-state index < -0.39 is 90.7 Å². The number of aromatic nitrogens is 4. The SMILES string of the molecule is CCCCCCCCCCCCCCCCCCCCCCC[C@H](O)CC(=O)SCCNC(=O)CCNC(=O)[C@H](O)C(C)(C)COP(=O)([O-])OP(=O)([O-])OC[C@H]1O[C@@H](n2cnc3c(N)ncnc32)[C@H](O)[C@@H]1OP(=O)([O-])[O-]. The van der Waals surface area contributed by atoms with Crippen LogP contribution in [0.1, 0.15) is 181 Å². The Morgan fingerprint density at radius 1 is 0.803 bits per heavy atom. The van der Waals surface area contributed by atoms with Gasteiger partial charge in [-0.2, -0.15) is 0 Å². The number of unbranched alkanes of at least 4 members (excludes halogenated alkanes) is 20. The molecule has 3 heterocycles. The molecule has 2 unspecified atom stereocenters. The van der Waals surface area contributed by atoms with Crippen molar-refractivity contribution in [2.75, 3.05) is 37.8 Å². The molecule has 0 saturated carbocycles. The van der Waals surface area contributed by atoms with Crippen LogP contribution >= 0.6 is 35.2 Å². The highest BCUT2D eigenvalue weighted by Gasteiger charge is 2.47. The summed E-state index contributed by atoms with van der Waals surface area (Å²) in [4.78, 5) is 97.2. The Bertz CT molecular complexity index is 2180. The first kappa shape index (κ1) is 67.8. The van der Waals surface area contributed by atoms with Crippen LogP contribution in [-0.4, -0.2) is 114 Å². The second-order valence-corrected chi connectivity index (χ2v) is 25.1.